The summed E-state index contributed by atoms with van der Waals surface area (Å²) in [6.45, 7) is 3.62. The van der Waals surface area contributed by atoms with Gasteiger partial charge in [0, 0.05) is 19.0 Å². The minimum Gasteiger partial charge on any atom is -0.484 e. The van der Waals surface area contributed by atoms with E-state index in [9.17, 15) is 4.79 Å². The number of amides is 1. The van der Waals surface area contributed by atoms with Gasteiger partial charge in [0.15, 0.2) is 6.61 Å². The van der Waals surface area contributed by atoms with Gasteiger partial charge in [0.25, 0.3) is 5.91 Å². The van der Waals surface area contributed by atoms with Crippen LogP contribution in [0.25, 0.3) is 10.2 Å². The van der Waals surface area contributed by atoms with Crippen LogP contribution < -0.4 is 4.74 Å². The van der Waals surface area contributed by atoms with Crippen LogP contribution in [0.2, 0.25) is 0 Å². The Morgan fingerprint density at radius 2 is 2.04 bits per heavy atom. The molecule has 1 aromatic heterocycles. The van der Waals surface area contributed by atoms with E-state index in [4.69, 9.17) is 9.72 Å². The highest BCUT2D eigenvalue weighted by atomic mass is 32.1. The van der Waals surface area contributed by atoms with Crippen molar-refractivity contribution in [3.05, 3.63) is 59.1 Å². The minimum atomic E-state index is 0.0547. The molecule has 1 saturated heterocycles. The number of ether oxygens (including phenoxy) is 1. The average Bonchev–Trinajstić information content (AvgIpc) is 3.11. The molecule has 0 aliphatic carbocycles. The minimum absolute atomic E-state index is 0.0547. The van der Waals surface area contributed by atoms with Crippen molar-refractivity contribution in [2.45, 2.75) is 25.7 Å². The summed E-state index contributed by atoms with van der Waals surface area (Å²) in [5.74, 6) is 1.16. The molecule has 0 radical (unpaired) electrons. The first-order valence-corrected chi connectivity index (χ1v) is 9.84. The molecule has 1 aliphatic heterocycles. The first-order valence-electron chi connectivity index (χ1n) is 9.02. The Balaban J connectivity index is 1.41. The van der Waals surface area contributed by atoms with E-state index >= 15 is 0 Å². The van der Waals surface area contributed by atoms with Crippen molar-refractivity contribution in [3.63, 3.8) is 0 Å². The Morgan fingerprint density at radius 1 is 1.23 bits per heavy atom. The Hall–Kier alpha value is -2.40. The number of hydrogen-bond acceptors (Lipinski definition) is 4. The first kappa shape index (κ1) is 17.0. The lowest BCUT2D eigenvalue weighted by atomic mass is 9.99. The van der Waals surface area contributed by atoms with Crippen LogP contribution in [0.15, 0.2) is 48.5 Å². The smallest absolute Gasteiger partial charge is 0.260 e. The summed E-state index contributed by atoms with van der Waals surface area (Å²) in [4.78, 5) is 19.3. The molecule has 1 atom stereocenters. The topological polar surface area (TPSA) is 42.4 Å². The fourth-order valence-electron chi connectivity index (χ4n) is 3.42. The summed E-state index contributed by atoms with van der Waals surface area (Å²) in [5.41, 5.74) is 2.10. The standard InChI is InChI=1S/C21H22N2O2S/c1-15-7-2-4-10-18(15)25-14-20(24)23-12-6-8-16(13-23)21-22-17-9-3-5-11-19(17)26-21/h2-5,7,9-11,16H,6,8,12-14H2,1H3/t16-/m0/s1. The maximum Gasteiger partial charge on any atom is 0.260 e. The van der Waals surface area contributed by atoms with Crippen LogP contribution in [0.4, 0.5) is 0 Å². The van der Waals surface area contributed by atoms with Crippen LogP contribution in [0.1, 0.15) is 29.3 Å². The average molecular weight is 366 g/mol. The number of hydrogen-bond donors (Lipinski definition) is 0. The zero-order chi connectivity index (χ0) is 17.9. The summed E-state index contributed by atoms with van der Waals surface area (Å²) < 4.78 is 6.95. The molecule has 0 spiro atoms. The molecule has 134 valence electrons. The highest BCUT2D eigenvalue weighted by Crippen LogP contribution is 2.33. The molecule has 4 rings (SSSR count). The number of aromatic nitrogens is 1. The van der Waals surface area contributed by atoms with Crippen LogP contribution in [-0.2, 0) is 4.79 Å². The van der Waals surface area contributed by atoms with E-state index in [0.717, 1.165) is 47.8 Å². The summed E-state index contributed by atoms with van der Waals surface area (Å²) in [7, 11) is 0. The highest BCUT2D eigenvalue weighted by molar-refractivity contribution is 7.18. The molecule has 0 N–H and O–H groups in total. The predicted molar refractivity (Wildman–Crippen MR) is 105 cm³/mol. The Morgan fingerprint density at radius 3 is 2.88 bits per heavy atom. The van der Waals surface area contributed by atoms with E-state index in [1.54, 1.807) is 11.3 Å². The number of thiazole rings is 1. The number of carbonyl (C=O) groups is 1. The molecular formula is C21H22N2O2S. The zero-order valence-corrected chi connectivity index (χ0v) is 15.7. The van der Waals surface area contributed by atoms with Gasteiger partial charge >= 0.3 is 0 Å². The van der Waals surface area contributed by atoms with Crippen molar-refractivity contribution in [1.29, 1.82) is 0 Å². The summed E-state index contributed by atoms with van der Waals surface area (Å²) in [6, 6.07) is 16.0. The van der Waals surface area contributed by atoms with Gasteiger partial charge in [0.1, 0.15) is 5.75 Å². The van der Waals surface area contributed by atoms with E-state index in [1.165, 1.54) is 4.70 Å². The number of likely N-dealkylation sites (tertiary alicyclic amines) is 1. The second kappa shape index (κ2) is 7.46. The normalized spacial score (nSPS) is 17.4. The zero-order valence-electron chi connectivity index (χ0n) is 14.9. The van der Waals surface area contributed by atoms with Crippen molar-refractivity contribution in [1.82, 2.24) is 9.88 Å². The number of para-hydroxylation sites is 2. The van der Waals surface area contributed by atoms with Crippen molar-refractivity contribution in [2.24, 2.45) is 0 Å². The summed E-state index contributed by atoms with van der Waals surface area (Å²) in [6.07, 6.45) is 2.10. The van der Waals surface area contributed by atoms with Crippen molar-refractivity contribution in [3.8, 4) is 5.75 Å². The Kier molecular flexibility index (Phi) is 4.89. The number of aryl methyl sites for hydroxylation is 1. The van der Waals surface area contributed by atoms with Crippen LogP contribution in [0, 0.1) is 6.92 Å². The van der Waals surface area contributed by atoms with Crippen molar-refractivity contribution in [2.75, 3.05) is 19.7 Å². The predicted octanol–water partition coefficient (Wildman–Crippen LogP) is 4.39. The fraction of sp³-hybridized carbons (Fsp3) is 0.333. The molecule has 2 heterocycles. The van der Waals surface area contributed by atoms with Gasteiger partial charge in [-0.1, -0.05) is 30.3 Å². The van der Waals surface area contributed by atoms with Crippen LogP contribution >= 0.6 is 11.3 Å². The number of benzene rings is 2. The van der Waals surface area contributed by atoms with Gasteiger partial charge in [0.05, 0.1) is 15.2 Å². The van der Waals surface area contributed by atoms with E-state index in [2.05, 4.69) is 12.1 Å². The van der Waals surface area contributed by atoms with E-state index in [-0.39, 0.29) is 12.5 Å². The van der Waals surface area contributed by atoms with E-state index < -0.39 is 0 Å². The monoisotopic (exact) mass is 366 g/mol. The van der Waals surface area contributed by atoms with Gasteiger partial charge in [-0.15, -0.1) is 11.3 Å². The van der Waals surface area contributed by atoms with Gasteiger partial charge in [-0.2, -0.15) is 0 Å². The van der Waals surface area contributed by atoms with E-state index in [0.29, 0.717) is 5.92 Å². The number of fused-ring (bicyclic) bond motifs is 1. The molecule has 1 fully saturated rings. The maximum absolute atomic E-state index is 12.6. The molecular weight excluding hydrogens is 344 g/mol. The van der Waals surface area contributed by atoms with Gasteiger partial charge < -0.3 is 9.64 Å². The molecule has 26 heavy (non-hydrogen) atoms. The van der Waals surface area contributed by atoms with E-state index in [1.807, 2.05) is 48.2 Å². The number of carbonyl (C=O) groups excluding carboxylic acids is 1. The lowest BCUT2D eigenvalue weighted by Crippen LogP contribution is -2.41. The SMILES string of the molecule is Cc1ccccc1OCC(=O)N1CCC[C@H](c2nc3ccccc3s2)C1. The molecule has 1 aliphatic rings. The van der Waals surface area contributed by atoms with Crippen LogP contribution in [0.3, 0.4) is 0 Å². The molecule has 4 nitrogen and oxygen atoms in total. The maximum atomic E-state index is 12.6. The second-order valence-electron chi connectivity index (χ2n) is 6.75. The first-order chi connectivity index (χ1) is 12.7. The molecule has 0 bridgehead atoms. The third kappa shape index (κ3) is 3.58. The van der Waals surface area contributed by atoms with Crippen molar-refractivity contribution < 1.29 is 9.53 Å². The molecule has 0 saturated carbocycles. The quantitative estimate of drug-likeness (QED) is 0.688. The summed E-state index contributed by atoms with van der Waals surface area (Å²) >= 11 is 1.75. The number of piperidine rings is 1. The Labute approximate surface area is 157 Å². The molecule has 1 amide bonds. The molecule has 3 aromatic rings. The molecule has 5 heteroatoms. The van der Waals surface area contributed by atoms with Gasteiger partial charge in [0.2, 0.25) is 0 Å². The third-order valence-electron chi connectivity index (χ3n) is 4.88. The highest BCUT2D eigenvalue weighted by Gasteiger charge is 2.27. The number of nitrogens with zero attached hydrogens (tertiary/aromatic N) is 2. The van der Waals surface area contributed by atoms with Crippen LogP contribution in [-0.4, -0.2) is 35.5 Å². The molecule has 0 unspecified atom stereocenters. The largest absolute Gasteiger partial charge is 0.484 e. The lowest BCUT2D eigenvalue weighted by molar-refractivity contribution is -0.134. The second-order valence-corrected chi connectivity index (χ2v) is 7.82. The third-order valence-corrected chi connectivity index (χ3v) is 6.08. The lowest BCUT2D eigenvalue weighted by Gasteiger charge is -2.31. The van der Waals surface area contributed by atoms with Crippen molar-refractivity contribution >= 4 is 27.5 Å². The van der Waals surface area contributed by atoms with Crippen LogP contribution in [0.5, 0.6) is 5.75 Å². The number of rotatable bonds is 4. The van der Waals surface area contributed by atoms with Gasteiger partial charge in [-0.3, -0.25) is 4.79 Å². The Bertz CT molecular complexity index is 888. The van der Waals surface area contributed by atoms with Gasteiger partial charge in [-0.25, -0.2) is 4.98 Å². The fourth-order valence-corrected chi connectivity index (χ4v) is 4.51. The molecule has 2 aromatic carbocycles. The van der Waals surface area contributed by atoms with Gasteiger partial charge in [-0.05, 0) is 43.5 Å². The summed E-state index contributed by atoms with van der Waals surface area (Å²) in [5, 5.41) is 1.14.